The zero-order valence-corrected chi connectivity index (χ0v) is 25.1. The lowest BCUT2D eigenvalue weighted by Gasteiger charge is -2.33. The zero-order chi connectivity index (χ0) is 29.3. The van der Waals surface area contributed by atoms with Crippen molar-refractivity contribution in [2.45, 2.75) is 58.7 Å². The maximum atomic E-state index is 13.9. The van der Waals surface area contributed by atoms with E-state index in [4.69, 9.17) is 11.6 Å². The number of anilines is 1. The average Bonchev–Trinajstić information content (AvgIpc) is 2.89. The quantitative estimate of drug-likeness (QED) is 0.293. The fraction of sp³-hybridized carbons (Fsp3) is 0.355. The van der Waals surface area contributed by atoms with Crippen molar-refractivity contribution in [3.05, 3.63) is 101 Å². The highest BCUT2D eigenvalue weighted by Crippen LogP contribution is 2.22. The molecular weight excluding hydrogens is 546 g/mol. The standard InChI is InChI=1S/C31H38ClN3O4S/c1-23(2)33-31(37)29(21-25-12-6-5-7-13-25)34(22-26-14-9-8-11-24(26)3)30(36)15-10-20-35(40(4,38)39)28-18-16-27(32)17-19-28/h5-9,11-14,16-19,23,29H,10,15,20-22H2,1-4H3,(H,33,37)/t29-/m1/s1. The molecule has 214 valence electrons. The topological polar surface area (TPSA) is 86.8 Å². The van der Waals surface area contributed by atoms with Crippen LogP contribution in [-0.4, -0.2) is 50.0 Å². The zero-order valence-electron chi connectivity index (χ0n) is 23.5. The Morgan fingerprint density at radius 2 is 1.55 bits per heavy atom. The smallest absolute Gasteiger partial charge is 0.243 e. The van der Waals surface area contributed by atoms with Gasteiger partial charge in [0.1, 0.15) is 6.04 Å². The number of nitrogens with zero attached hydrogens (tertiary/aromatic N) is 2. The third kappa shape index (κ3) is 9.10. The molecule has 0 aromatic heterocycles. The van der Waals surface area contributed by atoms with Crippen LogP contribution in [0.25, 0.3) is 0 Å². The lowest BCUT2D eigenvalue weighted by atomic mass is 10.0. The van der Waals surface area contributed by atoms with Gasteiger partial charge in [-0.2, -0.15) is 0 Å². The van der Waals surface area contributed by atoms with Crippen molar-refractivity contribution in [1.82, 2.24) is 10.2 Å². The van der Waals surface area contributed by atoms with E-state index in [0.29, 0.717) is 17.1 Å². The molecule has 0 unspecified atom stereocenters. The van der Waals surface area contributed by atoms with Gasteiger partial charge >= 0.3 is 0 Å². The molecule has 40 heavy (non-hydrogen) atoms. The van der Waals surface area contributed by atoms with Crippen LogP contribution in [0.4, 0.5) is 5.69 Å². The van der Waals surface area contributed by atoms with Crippen LogP contribution in [0.2, 0.25) is 5.02 Å². The Morgan fingerprint density at radius 1 is 0.925 bits per heavy atom. The van der Waals surface area contributed by atoms with Gasteiger partial charge in [-0.15, -0.1) is 0 Å². The number of halogens is 1. The molecule has 0 aliphatic rings. The molecule has 1 N–H and O–H groups in total. The summed E-state index contributed by atoms with van der Waals surface area (Å²) in [5.74, 6) is -0.438. The molecule has 0 radical (unpaired) electrons. The molecule has 7 nitrogen and oxygen atoms in total. The molecule has 0 bridgehead atoms. The Kier molecular flexibility index (Phi) is 11.2. The summed E-state index contributed by atoms with van der Waals surface area (Å²) in [6.45, 7) is 6.14. The number of hydrogen-bond donors (Lipinski definition) is 1. The fourth-order valence-corrected chi connectivity index (χ4v) is 5.61. The lowest BCUT2D eigenvalue weighted by Crippen LogP contribution is -2.52. The van der Waals surface area contributed by atoms with Gasteiger partial charge in [-0.05, 0) is 68.1 Å². The molecule has 0 aliphatic heterocycles. The monoisotopic (exact) mass is 583 g/mol. The van der Waals surface area contributed by atoms with Crippen molar-refractivity contribution in [3.8, 4) is 0 Å². The number of carbonyl (C=O) groups excluding carboxylic acids is 2. The molecule has 0 saturated heterocycles. The van der Waals surface area contributed by atoms with Gasteiger partial charge in [0.25, 0.3) is 0 Å². The third-order valence-electron chi connectivity index (χ3n) is 6.57. The third-order valence-corrected chi connectivity index (χ3v) is 8.02. The minimum absolute atomic E-state index is 0.0751. The molecular formula is C31H38ClN3O4S. The van der Waals surface area contributed by atoms with E-state index in [1.165, 1.54) is 4.31 Å². The summed E-state index contributed by atoms with van der Waals surface area (Å²) in [4.78, 5) is 29.0. The summed E-state index contributed by atoms with van der Waals surface area (Å²) in [7, 11) is -3.59. The summed E-state index contributed by atoms with van der Waals surface area (Å²) in [6.07, 6.45) is 1.85. The van der Waals surface area contributed by atoms with Gasteiger partial charge < -0.3 is 10.2 Å². The van der Waals surface area contributed by atoms with Crippen LogP contribution in [0.3, 0.4) is 0 Å². The Morgan fingerprint density at radius 3 is 2.15 bits per heavy atom. The van der Waals surface area contributed by atoms with Crippen molar-refractivity contribution in [2.75, 3.05) is 17.1 Å². The first kappa shape index (κ1) is 31.2. The highest BCUT2D eigenvalue weighted by atomic mass is 35.5. The molecule has 0 spiro atoms. The SMILES string of the molecule is Cc1ccccc1CN(C(=O)CCCN(c1ccc(Cl)cc1)S(C)(=O)=O)[C@H](Cc1ccccc1)C(=O)NC(C)C. The second-order valence-corrected chi connectivity index (χ2v) is 12.6. The number of aryl methyl sites for hydroxylation is 1. The number of benzene rings is 3. The molecule has 3 aromatic rings. The van der Waals surface area contributed by atoms with E-state index in [-0.39, 0.29) is 43.8 Å². The summed E-state index contributed by atoms with van der Waals surface area (Å²) >= 11 is 5.98. The molecule has 3 aromatic carbocycles. The Balaban J connectivity index is 1.88. The van der Waals surface area contributed by atoms with Gasteiger partial charge in [-0.1, -0.05) is 66.2 Å². The predicted molar refractivity (Wildman–Crippen MR) is 162 cm³/mol. The Hall–Kier alpha value is -3.36. The normalized spacial score (nSPS) is 12.2. The van der Waals surface area contributed by atoms with E-state index < -0.39 is 16.1 Å². The van der Waals surface area contributed by atoms with Gasteiger partial charge in [-0.3, -0.25) is 13.9 Å². The van der Waals surface area contributed by atoms with Crippen molar-refractivity contribution in [1.29, 1.82) is 0 Å². The van der Waals surface area contributed by atoms with Gasteiger partial charge in [0.15, 0.2) is 0 Å². The Bertz CT molecular complexity index is 1380. The van der Waals surface area contributed by atoms with E-state index in [2.05, 4.69) is 5.32 Å². The van der Waals surface area contributed by atoms with Crippen LogP contribution in [-0.2, 0) is 32.6 Å². The van der Waals surface area contributed by atoms with Crippen molar-refractivity contribution in [3.63, 3.8) is 0 Å². The second-order valence-electron chi connectivity index (χ2n) is 10.2. The summed E-state index contributed by atoms with van der Waals surface area (Å²) < 4.78 is 26.4. The van der Waals surface area contributed by atoms with Crippen LogP contribution in [0.15, 0.2) is 78.9 Å². The maximum Gasteiger partial charge on any atom is 0.243 e. The highest BCUT2D eigenvalue weighted by Gasteiger charge is 2.31. The molecule has 0 fully saturated rings. The molecule has 0 aliphatic carbocycles. The van der Waals surface area contributed by atoms with E-state index in [1.54, 1.807) is 29.2 Å². The van der Waals surface area contributed by atoms with Gasteiger partial charge in [-0.25, -0.2) is 8.42 Å². The first-order chi connectivity index (χ1) is 19.0. The molecule has 0 saturated carbocycles. The van der Waals surface area contributed by atoms with Crippen molar-refractivity contribution < 1.29 is 18.0 Å². The first-order valence-corrected chi connectivity index (χ1v) is 15.6. The number of carbonyl (C=O) groups is 2. The molecule has 2 amide bonds. The lowest BCUT2D eigenvalue weighted by molar-refractivity contribution is -0.141. The van der Waals surface area contributed by atoms with E-state index in [0.717, 1.165) is 22.9 Å². The van der Waals surface area contributed by atoms with Gasteiger partial charge in [0, 0.05) is 37.0 Å². The van der Waals surface area contributed by atoms with Crippen LogP contribution < -0.4 is 9.62 Å². The van der Waals surface area contributed by atoms with Crippen LogP contribution in [0.1, 0.15) is 43.4 Å². The van der Waals surface area contributed by atoms with E-state index in [9.17, 15) is 18.0 Å². The number of sulfonamides is 1. The minimum atomic E-state index is -3.59. The summed E-state index contributed by atoms with van der Waals surface area (Å²) in [5.41, 5.74) is 3.40. The average molecular weight is 584 g/mol. The van der Waals surface area contributed by atoms with Crippen LogP contribution in [0, 0.1) is 6.92 Å². The van der Waals surface area contributed by atoms with Crippen molar-refractivity contribution in [2.24, 2.45) is 0 Å². The van der Waals surface area contributed by atoms with E-state index in [1.807, 2.05) is 75.4 Å². The summed E-state index contributed by atoms with van der Waals surface area (Å²) in [6, 6.07) is 23.1. The maximum absolute atomic E-state index is 13.9. The van der Waals surface area contributed by atoms with Gasteiger partial charge in [0.2, 0.25) is 21.8 Å². The predicted octanol–water partition coefficient (Wildman–Crippen LogP) is 5.36. The second kappa shape index (κ2) is 14.3. The number of rotatable bonds is 13. The number of amides is 2. The van der Waals surface area contributed by atoms with Crippen LogP contribution >= 0.6 is 11.6 Å². The molecule has 9 heteroatoms. The first-order valence-electron chi connectivity index (χ1n) is 13.4. The summed E-state index contributed by atoms with van der Waals surface area (Å²) in [5, 5.41) is 3.49. The molecule has 3 rings (SSSR count). The number of nitrogens with one attached hydrogen (secondary N) is 1. The molecule has 0 heterocycles. The van der Waals surface area contributed by atoms with Crippen molar-refractivity contribution >= 4 is 39.1 Å². The number of hydrogen-bond acceptors (Lipinski definition) is 4. The Labute approximate surface area is 243 Å². The fourth-order valence-electron chi connectivity index (χ4n) is 4.52. The largest absolute Gasteiger partial charge is 0.352 e. The minimum Gasteiger partial charge on any atom is -0.352 e. The highest BCUT2D eigenvalue weighted by molar-refractivity contribution is 7.92. The molecule has 1 atom stereocenters. The van der Waals surface area contributed by atoms with Crippen LogP contribution in [0.5, 0.6) is 0 Å². The van der Waals surface area contributed by atoms with E-state index >= 15 is 0 Å². The van der Waals surface area contributed by atoms with Gasteiger partial charge in [0.05, 0.1) is 11.9 Å².